The molecule has 2 amide bonds. The van der Waals surface area contributed by atoms with E-state index >= 15 is 0 Å². The van der Waals surface area contributed by atoms with E-state index in [1.165, 1.54) is 11.0 Å². The van der Waals surface area contributed by atoms with E-state index in [0.29, 0.717) is 25.1 Å². The fraction of sp³-hybridized carbons (Fsp3) is 0.440. The average molecular weight is 429 g/mol. The molecule has 0 aliphatic carbocycles. The molecule has 1 N–H and O–H groups in total. The number of unbranched alkanes of at least 4 members (excludes halogenated alkanes) is 1. The van der Waals surface area contributed by atoms with Crippen molar-refractivity contribution in [1.82, 2.24) is 10.2 Å². The lowest BCUT2D eigenvalue weighted by atomic mass is 10.1. The predicted molar refractivity (Wildman–Crippen MR) is 120 cm³/mol. The van der Waals surface area contributed by atoms with Crippen molar-refractivity contribution in [3.63, 3.8) is 0 Å². The molecule has 31 heavy (non-hydrogen) atoms. The molecule has 0 spiro atoms. The van der Waals surface area contributed by atoms with Crippen LogP contribution in [-0.2, 0) is 16.1 Å². The largest absolute Gasteiger partial charge is 0.494 e. The minimum atomic E-state index is -0.693. The number of hydrogen-bond acceptors (Lipinski definition) is 3. The zero-order valence-electron chi connectivity index (χ0n) is 18.7. The van der Waals surface area contributed by atoms with E-state index in [0.717, 1.165) is 24.2 Å². The van der Waals surface area contributed by atoms with Crippen LogP contribution in [0.2, 0.25) is 0 Å². The maximum absolute atomic E-state index is 14.2. The van der Waals surface area contributed by atoms with Crippen molar-refractivity contribution < 1.29 is 18.7 Å². The third-order valence-electron chi connectivity index (χ3n) is 5.12. The predicted octanol–water partition coefficient (Wildman–Crippen LogP) is 4.63. The first-order valence-corrected chi connectivity index (χ1v) is 10.9. The van der Waals surface area contributed by atoms with Crippen LogP contribution in [0.4, 0.5) is 4.39 Å². The Hall–Kier alpha value is -2.89. The average Bonchev–Trinajstić information content (AvgIpc) is 2.77. The Morgan fingerprint density at radius 3 is 2.48 bits per heavy atom. The lowest BCUT2D eigenvalue weighted by Crippen LogP contribution is -2.47. The molecule has 0 radical (unpaired) electrons. The van der Waals surface area contributed by atoms with Gasteiger partial charge in [-0.15, -0.1) is 0 Å². The number of carbonyl (C=O) groups is 2. The number of benzene rings is 2. The minimum absolute atomic E-state index is 0.0483. The molecule has 0 fully saturated rings. The molecule has 0 aliphatic rings. The number of carbonyl (C=O) groups excluding carboxylic acids is 2. The number of aryl methyl sites for hydroxylation is 1. The van der Waals surface area contributed by atoms with Gasteiger partial charge in [0, 0.05) is 25.1 Å². The second-order valence-corrected chi connectivity index (χ2v) is 7.70. The quantitative estimate of drug-likeness (QED) is 0.502. The highest BCUT2D eigenvalue weighted by molar-refractivity contribution is 5.87. The van der Waals surface area contributed by atoms with E-state index in [4.69, 9.17) is 4.74 Å². The van der Waals surface area contributed by atoms with Gasteiger partial charge in [-0.2, -0.15) is 0 Å². The minimum Gasteiger partial charge on any atom is -0.494 e. The van der Waals surface area contributed by atoms with Crippen LogP contribution in [0.1, 0.15) is 50.7 Å². The fourth-order valence-electron chi connectivity index (χ4n) is 3.12. The van der Waals surface area contributed by atoms with Crippen LogP contribution in [0, 0.1) is 12.7 Å². The molecule has 0 saturated heterocycles. The van der Waals surface area contributed by atoms with Crippen molar-refractivity contribution in [2.75, 3.05) is 13.2 Å². The lowest BCUT2D eigenvalue weighted by Gasteiger charge is -2.29. The third kappa shape index (κ3) is 8.04. The molecular formula is C25H33FN2O3. The van der Waals surface area contributed by atoms with Gasteiger partial charge >= 0.3 is 0 Å². The summed E-state index contributed by atoms with van der Waals surface area (Å²) in [5, 5.41) is 2.86. The number of nitrogens with zero attached hydrogens (tertiary/aromatic N) is 1. The van der Waals surface area contributed by atoms with Gasteiger partial charge in [-0.05, 0) is 44.9 Å². The van der Waals surface area contributed by atoms with Crippen molar-refractivity contribution in [1.29, 1.82) is 0 Å². The van der Waals surface area contributed by atoms with Crippen LogP contribution in [0.25, 0.3) is 0 Å². The van der Waals surface area contributed by atoms with Crippen molar-refractivity contribution in [2.45, 2.75) is 59.0 Å². The maximum Gasteiger partial charge on any atom is 0.242 e. The topological polar surface area (TPSA) is 58.6 Å². The van der Waals surface area contributed by atoms with Gasteiger partial charge in [-0.25, -0.2) is 4.39 Å². The van der Waals surface area contributed by atoms with Crippen LogP contribution in [0.15, 0.2) is 48.5 Å². The first-order chi connectivity index (χ1) is 14.9. The summed E-state index contributed by atoms with van der Waals surface area (Å²) < 4.78 is 19.9. The fourth-order valence-corrected chi connectivity index (χ4v) is 3.12. The SMILES string of the molecule is CCCCNC(=O)[C@H](C)N(Cc1ccccc1F)C(=O)CCCOc1ccc(C)cc1. The molecule has 0 aromatic heterocycles. The van der Waals surface area contributed by atoms with E-state index < -0.39 is 6.04 Å². The second-order valence-electron chi connectivity index (χ2n) is 7.70. The Morgan fingerprint density at radius 2 is 1.81 bits per heavy atom. The van der Waals surface area contributed by atoms with Gasteiger partial charge in [-0.1, -0.05) is 49.2 Å². The molecule has 2 aromatic carbocycles. The van der Waals surface area contributed by atoms with Gasteiger partial charge in [0.15, 0.2) is 0 Å². The van der Waals surface area contributed by atoms with E-state index in [1.807, 2.05) is 38.1 Å². The van der Waals surface area contributed by atoms with Crippen LogP contribution >= 0.6 is 0 Å². The third-order valence-corrected chi connectivity index (χ3v) is 5.12. The van der Waals surface area contributed by atoms with Crippen molar-refractivity contribution in [3.05, 3.63) is 65.5 Å². The highest BCUT2D eigenvalue weighted by Gasteiger charge is 2.26. The Morgan fingerprint density at radius 1 is 1.10 bits per heavy atom. The zero-order valence-corrected chi connectivity index (χ0v) is 18.7. The monoisotopic (exact) mass is 428 g/mol. The summed E-state index contributed by atoms with van der Waals surface area (Å²) in [5.74, 6) is -0.0607. The molecule has 6 heteroatoms. The first kappa shape index (κ1) is 24.4. The van der Waals surface area contributed by atoms with E-state index in [9.17, 15) is 14.0 Å². The van der Waals surface area contributed by atoms with Crippen LogP contribution in [0.5, 0.6) is 5.75 Å². The molecule has 2 rings (SSSR count). The standard InChI is InChI=1S/C25H33FN2O3/c1-4-5-16-27-25(30)20(3)28(18-21-9-6-7-10-23(21)26)24(29)11-8-17-31-22-14-12-19(2)13-15-22/h6-7,9-10,12-15,20H,4-5,8,11,16-18H2,1-3H3,(H,27,30)/t20-/m0/s1. The van der Waals surface area contributed by atoms with E-state index in [1.54, 1.807) is 25.1 Å². The Balaban J connectivity index is 1.98. The number of rotatable bonds is 12. The highest BCUT2D eigenvalue weighted by atomic mass is 19.1. The Bertz CT molecular complexity index is 839. The van der Waals surface area contributed by atoms with Crippen LogP contribution < -0.4 is 10.1 Å². The molecule has 5 nitrogen and oxygen atoms in total. The van der Waals surface area contributed by atoms with E-state index in [2.05, 4.69) is 5.32 Å². The lowest BCUT2D eigenvalue weighted by molar-refractivity contribution is -0.140. The number of nitrogens with one attached hydrogen (secondary N) is 1. The van der Waals surface area contributed by atoms with E-state index in [-0.39, 0.29) is 30.6 Å². The summed E-state index contributed by atoms with van der Waals surface area (Å²) in [6.07, 6.45) is 2.56. The van der Waals surface area contributed by atoms with Crippen molar-refractivity contribution >= 4 is 11.8 Å². The summed E-state index contributed by atoms with van der Waals surface area (Å²) in [5.41, 5.74) is 1.54. The number of amides is 2. The molecule has 0 aliphatic heterocycles. The smallest absolute Gasteiger partial charge is 0.242 e. The number of halogens is 1. The summed E-state index contributed by atoms with van der Waals surface area (Å²) in [6, 6.07) is 13.4. The van der Waals surface area contributed by atoms with Crippen molar-refractivity contribution in [2.24, 2.45) is 0 Å². The van der Waals surface area contributed by atoms with Gasteiger partial charge in [0.1, 0.15) is 17.6 Å². The van der Waals surface area contributed by atoms with Crippen molar-refractivity contribution in [3.8, 4) is 5.75 Å². The molecule has 0 saturated carbocycles. The van der Waals surface area contributed by atoms with Gasteiger partial charge in [0.25, 0.3) is 0 Å². The second kappa shape index (κ2) is 12.7. The molecule has 0 bridgehead atoms. The molecule has 0 unspecified atom stereocenters. The molecule has 168 valence electrons. The Kier molecular flexibility index (Phi) is 10.0. The normalized spacial score (nSPS) is 11.6. The number of hydrogen-bond donors (Lipinski definition) is 1. The van der Waals surface area contributed by atoms with Gasteiger partial charge in [-0.3, -0.25) is 9.59 Å². The highest BCUT2D eigenvalue weighted by Crippen LogP contribution is 2.16. The summed E-state index contributed by atoms with van der Waals surface area (Å²) in [7, 11) is 0. The van der Waals surface area contributed by atoms with Gasteiger partial charge in [0.05, 0.1) is 6.61 Å². The van der Waals surface area contributed by atoms with Crippen LogP contribution in [0.3, 0.4) is 0 Å². The zero-order chi connectivity index (χ0) is 22.6. The maximum atomic E-state index is 14.2. The van der Waals surface area contributed by atoms with Gasteiger partial charge in [0.2, 0.25) is 11.8 Å². The Labute approximate surface area is 184 Å². The van der Waals surface area contributed by atoms with Gasteiger partial charge < -0.3 is 15.0 Å². The van der Waals surface area contributed by atoms with Crippen LogP contribution in [-0.4, -0.2) is 35.9 Å². The molecular weight excluding hydrogens is 395 g/mol. The molecule has 1 atom stereocenters. The number of ether oxygens (including phenoxy) is 1. The summed E-state index contributed by atoms with van der Waals surface area (Å²) in [4.78, 5) is 27.0. The molecule has 0 heterocycles. The first-order valence-electron chi connectivity index (χ1n) is 10.9. The molecule has 2 aromatic rings. The summed E-state index contributed by atoms with van der Waals surface area (Å²) >= 11 is 0. The summed E-state index contributed by atoms with van der Waals surface area (Å²) in [6.45, 7) is 6.73.